The summed E-state index contributed by atoms with van der Waals surface area (Å²) in [5.74, 6) is -0.229. The molecule has 1 saturated heterocycles. The molecule has 0 aromatic heterocycles. The third-order valence-corrected chi connectivity index (χ3v) is 2.76. The third-order valence-electron chi connectivity index (χ3n) is 2.76. The molecule has 0 unspecified atom stereocenters. The van der Waals surface area contributed by atoms with Crippen LogP contribution in [0.1, 0.15) is 20.7 Å². The number of amides is 2. The van der Waals surface area contributed by atoms with Crippen molar-refractivity contribution in [3.05, 3.63) is 29.3 Å². The Morgan fingerprint density at radius 2 is 2.00 bits per heavy atom. The molecule has 3 rings (SSSR count). The molecule has 2 aliphatic heterocycles. The first kappa shape index (κ1) is 9.35. The zero-order valence-electron chi connectivity index (χ0n) is 8.45. The van der Waals surface area contributed by atoms with Gasteiger partial charge >= 0.3 is 0 Å². The molecular formula is C11H10N2O3. The number of benzene rings is 1. The van der Waals surface area contributed by atoms with Crippen molar-refractivity contribution in [3.8, 4) is 5.75 Å². The van der Waals surface area contributed by atoms with Crippen molar-refractivity contribution in [1.29, 1.82) is 0 Å². The Balaban J connectivity index is 1.99. The van der Waals surface area contributed by atoms with E-state index in [0.717, 1.165) is 13.1 Å². The first-order valence-corrected chi connectivity index (χ1v) is 5.12. The van der Waals surface area contributed by atoms with E-state index in [1.807, 2.05) is 0 Å². The lowest BCUT2D eigenvalue weighted by Gasteiger charge is -2.28. The fourth-order valence-electron chi connectivity index (χ4n) is 1.81. The lowest BCUT2D eigenvalue weighted by Crippen LogP contribution is -2.50. The van der Waals surface area contributed by atoms with E-state index in [0.29, 0.717) is 16.9 Å². The van der Waals surface area contributed by atoms with Crippen molar-refractivity contribution < 1.29 is 14.3 Å². The molecule has 1 aromatic carbocycles. The van der Waals surface area contributed by atoms with Crippen LogP contribution < -0.4 is 15.4 Å². The first-order chi connectivity index (χ1) is 7.75. The Bertz CT molecular complexity index is 480. The minimum Gasteiger partial charge on any atom is -0.487 e. The third kappa shape index (κ3) is 1.29. The monoisotopic (exact) mass is 218 g/mol. The number of fused-ring (bicyclic) bond motifs is 1. The normalized spacial score (nSPS) is 19.0. The van der Waals surface area contributed by atoms with E-state index in [1.165, 1.54) is 0 Å². The van der Waals surface area contributed by atoms with E-state index in [1.54, 1.807) is 18.2 Å². The van der Waals surface area contributed by atoms with Crippen molar-refractivity contribution >= 4 is 11.8 Å². The molecule has 16 heavy (non-hydrogen) atoms. The van der Waals surface area contributed by atoms with Gasteiger partial charge in [-0.3, -0.25) is 14.9 Å². The number of hydrogen-bond donors (Lipinski definition) is 2. The van der Waals surface area contributed by atoms with E-state index in [4.69, 9.17) is 4.74 Å². The van der Waals surface area contributed by atoms with Gasteiger partial charge in [0.15, 0.2) is 0 Å². The Labute approximate surface area is 91.8 Å². The number of carbonyl (C=O) groups excluding carboxylic acids is 2. The second-order valence-electron chi connectivity index (χ2n) is 3.86. The molecule has 1 aromatic rings. The average molecular weight is 218 g/mol. The van der Waals surface area contributed by atoms with Gasteiger partial charge in [0.2, 0.25) is 0 Å². The maximum atomic E-state index is 11.6. The highest BCUT2D eigenvalue weighted by Gasteiger charge is 2.31. The summed E-state index contributed by atoms with van der Waals surface area (Å²) >= 11 is 0. The topological polar surface area (TPSA) is 67.4 Å². The number of imide groups is 1. The number of ether oxygens (including phenoxy) is 1. The summed E-state index contributed by atoms with van der Waals surface area (Å²) in [4.78, 5) is 23.0. The van der Waals surface area contributed by atoms with Crippen molar-refractivity contribution in [2.24, 2.45) is 0 Å². The van der Waals surface area contributed by atoms with Gasteiger partial charge in [-0.1, -0.05) is 6.07 Å². The molecule has 2 heterocycles. The Morgan fingerprint density at radius 1 is 1.19 bits per heavy atom. The highest BCUT2D eigenvalue weighted by Crippen LogP contribution is 2.27. The second-order valence-corrected chi connectivity index (χ2v) is 3.86. The minimum atomic E-state index is -0.372. The predicted molar refractivity (Wildman–Crippen MR) is 55.5 cm³/mol. The molecule has 2 amide bonds. The van der Waals surface area contributed by atoms with E-state index >= 15 is 0 Å². The van der Waals surface area contributed by atoms with E-state index in [-0.39, 0.29) is 17.9 Å². The summed E-state index contributed by atoms with van der Waals surface area (Å²) in [5.41, 5.74) is 0.759. The highest BCUT2D eigenvalue weighted by molar-refractivity contribution is 6.22. The number of nitrogens with one attached hydrogen (secondary N) is 2. The molecule has 5 nitrogen and oxygen atoms in total. The van der Waals surface area contributed by atoms with Crippen LogP contribution in [0.4, 0.5) is 0 Å². The highest BCUT2D eigenvalue weighted by atomic mass is 16.5. The average Bonchev–Trinajstić information content (AvgIpc) is 2.50. The van der Waals surface area contributed by atoms with Crippen molar-refractivity contribution in [2.75, 3.05) is 13.1 Å². The van der Waals surface area contributed by atoms with Crippen molar-refractivity contribution in [1.82, 2.24) is 10.6 Å². The van der Waals surface area contributed by atoms with Crippen LogP contribution in [0.5, 0.6) is 5.75 Å². The maximum absolute atomic E-state index is 11.6. The molecule has 2 aliphatic rings. The molecule has 0 radical (unpaired) electrons. The van der Waals surface area contributed by atoms with Crippen LogP contribution in [0.3, 0.4) is 0 Å². The fourth-order valence-corrected chi connectivity index (χ4v) is 1.81. The van der Waals surface area contributed by atoms with Gasteiger partial charge in [-0.25, -0.2) is 0 Å². The van der Waals surface area contributed by atoms with Crippen LogP contribution in [-0.4, -0.2) is 31.0 Å². The van der Waals surface area contributed by atoms with Crippen LogP contribution >= 0.6 is 0 Å². The molecule has 0 saturated carbocycles. The Hall–Kier alpha value is -1.88. The van der Waals surface area contributed by atoms with Gasteiger partial charge in [0.1, 0.15) is 11.9 Å². The van der Waals surface area contributed by atoms with Gasteiger partial charge in [-0.15, -0.1) is 0 Å². The number of hydrogen-bond acceptors (Lipinski definition) is 4. The predicted octanol–water partition coefficient (Wildman–Crippen LogP) is -0.0792. The molecule has 0 bridgehead atoms. The maximum Gasteiger partial charge on any atom is 0.262 e. The fraction of sp³-hybridized carbons (Fsp3) is 0.273. The zero-order chi connectivity index (χ0) is 11.1. The summed E-state index contributed by atoms with van der Waals surface area (Å²) in [7, 11) is 0. The smallest absolute Gasteiger partial charge is 0.262 e. The van der Waals surface area contributed by atoms with Crippen LogP contribution in [-0.2, 0) is 0 Å². The summed E-state index contributed by atoms with van der Waals surface area (Å²) in [6, 6.07) is 5.06. The lowest BCUT2D eigenvalue weighted by molar-refractivity contribution is 0.0876. The Morgan fingerprint density at radius 3 is 2.69 bits per heavy atom. The Kier molecular flexibility index (Phi) is 1.94. The van der Waals surface area contributed by atoms with Gasteiger partial charge in [-0.05, 0) is 12.1 Å². The van der Waals surface area contributed by atoms with Crippen molar-refractivity contribution in [3.63, 3.8) is 0 Å². The van der Waals surface area contributed by atoms with E-state index in [2.05, 4.69) is 10.6 Å². The van der Waals surface area contributed by atoms with Gasteiger partial charge in [0, 0.05) is 13.1 Å². The molecule has 0 atom stereocenters. The molecule has 82 valence electrons. The second kappa shape index (κ2) is 3.31. The molecule has 1 fully saturated rings. The summed E-state index contributed by atoms with van der Waals surface area (Å²) in [5, 5.41) is 5.34. The van der Waals surface area contributed by atoms with Crippen LogP contribution in [0, 0.1) is 0 Å². The molecule has 0 spiro atoms. The largest absolute Gasteiger partial charge is 0.487 e. The van der Waals surface area contributed by atoms with E-state index < -0.39 is 0 Å². The molecular weight excluding hydrogens is 208 g/mol. The van der Waals surface area contributed by atoms with Gasteiger partial charge in [-0.2, -0.15) is 0 Å². The van der Waals surface area contributed by atoms with Gasteiger partial charge in [0.25, 0.3) is 11.8 Å². The quantitative estimate of drug-likeness (QED) is 0.681. The molecule has 2 N–H and O–H groups in total. The summed E-state index contributed by atoms with van der Waals surface area (Å²) in [6.07, 6.45) is 0.0926. The van der Waals surface area contributed by atoms with E-state index in [9.17, 15) is 9.59 Å². The number of rotatable bonds is 2. The van der Waals surface area contributed by atoms with Gasteiger partial charge < -0.3 is 10.1 Å². The lowest BCUT2D eigenvalue weighted by atomic mass is 10.1. The van der Waals surface area contributed by atoms with Crippen molar-refractivity contribution in [2.45, 2.75) is 6.10 Å². The molecule has 5 heteroatoms. The zero-order valence-corrected chi connectivity index (χ0v) is 8.45. The SMILES string of the molecule is O=C1NC(=O)c2c(OC3CNC3)cccc21. The van der Waals surface area contributed by atoms with Gasteiger partial charge in [0.05, 0.1) is 11.1 Å². The van der Waals surface area contributed by atoms with Crippen LogP contribution in [0.15, 0.2) is 18.2 Å². The first-order valence-electron chi connectivity index (χ1n) is 5.12. The summed E-state index contributed by atoms with van der Waals surface area (Å²) < 4.78 is 5.64. The standard InChI is InChI=1S/C11H10N2O3/c14-10-7-2-1-3-8(9(7)11(15)13-10)16-6-4-12-5-6/h1-3,6,12H,4-5H2,(H,13,14,15). The minimum absolute atomic E-state index is 0.0926. The molecule has 0 aliphatic carbocycles. The number of carbonyl (C=O) groups is 2. The van der Waals surface area contributed by atoms with Crippen LogP contribution in [0.25, 0.3) is 0 Å². The summed E-state index contributed by atoms with van der Waals surface area (Å²) in [6.45, 7) is 1.55. The van der Waals surface area contributed by atoms with Crippen LogP contribution in [0.2, 0.25) is 0 Å².